The number of benzene rings is 1. The fraction of sp³-hybridized carbons (Fsp3) is 0.278. The predicted octanol–water partition coefficient (Wildman–Crippen LogP) is 3.54. The molecule has 2 heterocycles. The molecule has 0 fully saturated rings. The van der Waals surface area contributed by atoms with Crippen LogP contribution in [0.1, 0.15) is 29.9 Å². The van der Waals surface area contributed by atoms with Gasteiger partial charge in [-0.2, -0.15) is 5.10 Å². The lowest BCUT2D eigenvalue weighted by Crippen LogP contribution is -2.27. The normalized spacial score (nSPS) is 13.8. The van der Waals surface area contributed by atoms with Crippen molar-refractivity contribution in [2.24, 2.45) is 0 Å². The summed E-state index contributed by atoms with van der Waals surface area (Å²) in [6, 6.07) is 14.2. The van der Waals surface area contributed by atoms with Crippen molar-refractivity contribution < 1.29 is 5.11 Å². The number of hydrogen-bond donors (Lipinski definition) is 2. The largest absolute Gasteiger partial charge is 0.388 e. The third kappa shape index (κ3) is 4.28. The van der Waals surface area contributed by atoms with E-state index >= 15 is 0 Å². The van der Waals surface area contributed by atoms with E-state index in [0.717, 1.165) is 22.7 Å². The van der Waals surface area contributed by atoms with E-state index in [1.54, 1.807) is 11.3 Å². The Hall–Kier alpha value is -1.95. The lowest BCUT2D eigenvalue weighted by atomic mass is 10.1. The van der Waals surface area contributed by atoms with Crippen molar-refractivity contribution in [2.45, 2.75) is 32.0 Å². The maximum absolute atomic E-state index is 10.2. The Labute approximate surface area is 140 Å². The quantitative estimate of drug-likeness (QED) is 0.698. The van der Waals surface area contributed by atoms with Gasteiger partial charge < -0.3 is 10.4 Å². The zero-order valence-electron chi connectivity index (χ0n) is 13.1. The fourth-order valence-electron chi connectivity index (χ4n) is 2.48. The minimum absolute atomic E-state index is 0.229. The highest BCUT2D eigenvalue weighted by Gasteiger charge is 2.13. The number of nitrogens with zero attached hydrogens (tertiary/aromatic N) is 2. The number of rotatable bonds is 7. The summed E-state index contributed by atoms with van der Waals surface area (Å²) in [5.41, 5.74) is 2.19. The summed E-state index contributed by atoms with van der Waals surface area (Å²) in [5, 5.41) is 20.0. The molecular weight excluding hydrogens is 306 g/mol. The Balaban J connectivity index is 1.51. The van der Waals surface area contributed by atoms with Crippen molar-refractivity contribution >= 4 is 11.3 Å². The molecule has 3 rings (SSSR count). The van der Waals surface area contributed by atoms with Crippen LogP contribution in [0, 0.1) is 0 Å². The van der Waals surface area contributed by atoms with Gasteiger partial charge in [-0.05, 0) is 36.9 Å². The molecule has 0 radical (unpaired) electrons. The highest BCUT2D eigenvalue weighted by Crippen LogP contribution is 2.22. The van der Waals surface area contributed by atoms with Gasteiger partial charge in [0.15, 0.2) is 0 Å². The van der Waals surface area contributed by atoms with Crippen LogP contribution in [0.4, 0.5) is 0 Å². The van der Waals surface area contributed by atoms with Crippen LogP contribution in [-0.4, -0.2) is 20.9 Å². The van der Waals surface area contributed by atoms with Crippen LogP contribution >= 0.6 is 11.3 Å². The van der Waals surface area contributed by atoms with E-state index in [-0.39, 0.29) is 6.04 Å². The van der Waals surface area contributed by atoms with Gasteiger partial charge in [0.25, 0.3) is 0 Å². The minimum Gasteiger partial charge on any atom is -0.388 e. The number of nitrogens with one attached hydrogen (secondary N) is 1. The number of aliphatic hydroxyl groups is 1. The third-order valence-electron chi connectivity index (χ3n) is 3.76. The first-order valence-electron chi connectivity index (χ1n) is 7.76. The first kappa shape index (κ1) is 15.9. The first-order chi connectivity index (χ1) is 11.2. The van der Waals surface area contributed by atoms with E-state index in [0.29, 0.717) is 6.42 Å². The smallest absolute Gasteiger partial charge is 0.0896 e. The fourth-order valence-corrected chi connectivity index (χ4v) is 3.21. The van der Waals surface area contributed by atoms with Gasteiger partial charge in [0.2, 0.25) is 0 Å². The van der Waals surface area contributed by atoms with Crippen molar-refractivity contribution in [2.75, 3.05) is 0 Å². The zero-order valence-corrected chi connectivity index (χ0v) is 13.9. The molecule has 0 bridgehead atoms. The Morgan fingerprint density at radius 1 is 1.22 bits per heavy atom. The summed E-state index contributed by atoms with van der Waals surface area (Å²) in [4.78, 5) is 1.02. The molecule has 0 amide bonds. The summed E-state index contributed by atoms with van der Waals surface area (Å²) < 4.78 is 1.88. The van der Waals surface area contributed by atoms with Crippen molar-refractivity contribution in [3.63, 3.8) is 0 Å². The van der Waals surface area contributed by atoms with Crippen LogP contribution in [-0.2, 0) is 6.54 Å². The maximum Gasteiger partial charge on any atom is 0.0896 e. The number of hydrogen-bond acceptors (Lipinski definition) is 4. The van der Waals surface area contributed by atoms with Gasteiger partial charge in [-0.25, -0.2) is 4.68 Å². The van der Waals surface area contributed by atoms with E-state index in [1.807, 2.05) is 64.9 Å². The van der Waals surface area contributed by atoms with Crippen molar-refractivity contribution in [1.82, 2.24) is 15.1 Å². The Morgan fingerprint density at radius 2 is 2.04 bits per heavy atom. The molecule has 23 heavy (non-hydrogen) atoms. The molecule has 2 aromatic heterocycles. The molecule has 2 N–H and O–H groups in total. The molecule has 5 heteroatoms. The van der Waals surface area contributed by atoms with E-state index in [1.165, 1.54) is 0 Å². The zero-order chi connectivity index (χ0) is 16.1. The average Bonchev–Trinajstić information content (AvgIpc) is 3.25. The van der Waals surface area contributed by atoms with E-state index in [9.17, 15) is 5.11 Å². The van der Waals surface area contributed by atoms with Crippen LogP contribution < -0.4 is 5.32 Å². The maximum atomic E-state index is 10.2. The summed E-state index contributed by atoms with van der Waals surface area (Å²) in [5.74, 6) is 0. The SMILES string of the molecule is CC(CC(O)c1cccs1)NCc1cnn(-c2ccccc2)c1. The van der Waals surface area contributed by atoms with Gasteiger partial charge in [0.05, 0.1) is 18.0 Å². The second kappa shape index (κ2) is 7.55. The summed E-state index contributed by atoms with van der Waals surface area (Å²) >= 11 is 1.60. The van der Waals surface area contributed by atoms with Crippen LogP contribution in [0.3, 0.4) is 0 Å². The number of para-hydroxylation sites is 1. The monoisotopic (exact) mass is 327 g/mol. The van der Waals surface area contributed by atoms with Crippen LogP contribution in [0.15, 0.2) is 60.2 Å². The highest BCUT2D eigenvalue weighted by atomic mass is 32.1. The van der Waals surface area contributed by atoms with Crippen LogP contribution in [0.5, 0.6) is 0 Å². The molecule has 3 aromatic rings. The third-order valence-corrected chi connectivity index (χ3v) is 4.73. The Morgan fingerprint density at radius 3 is 2.78 bits per heavy atom. The van der Waals surface area contributed by atoms with Gasteiger partial charge in [-0.1, -0.05) is 24.3 Å². The topological polar surface area (TPSA) is 50.1 Å². The summed E-state index contributed by atoms with van der Waals surface area (Å²) in [7, 11) is 0. The Kier molecular flexibility index (Phi) is 5.23. The molecule has 0 spiro atoms. The van der Waals surface area contributed by atoms with Crippen molar-refractivity contribution in [1.29, 1.82) is 0 Å². The second-order valence-corrected chi connectivity index (χ2v) is 6.66. The average molecular weight is 327 g/mol. The van der Waals surface area contributed by atoms with Crippen LogP contribution in [0.25, 0.3) is 5.69 Å². The molecule has 2 atom stereocenters. The van der Waals surface area contributed by atoms with Gasteiger partial charge in [-0.15, -0.1) is 11.3 Å². The summed E-state index contributed by atoms with van der Waals surface area (Å²) in [6.07, 6.45) is 4.21. The molecule has 0 aliphatic rings. The summed E-state index contributed by atoms with van der Waals surface area (Å²) in [6.45, 7) is 2.84. The molecular formula is C18H21N3OS. The molecule has 0 saturated carbocycles. The molecule has 4 nitrogen and oxygen atoms in total. The Bertz CT molecular complexity index is 709. The minimum atomic E-state index is -0.399. The highest BCUT2D eigenvalue weighted by molar-refractivity contribution is 7.10. The standard InChI is InChI=1S/C18H21N3OS/c1-14(10-17(22)18-8-5-9-23-18)19-11-15-12-20-21(13-15)16-6-3-2-4-7-16/h2-9,12-14,17,19,22H,10-11H2,1H3. The lowest BCUT2D eigenvalue weighted by Gasteiger charge is -2.16. The number of thiophene rings is 1. The van der Waals surface area contributed by atoms with E-state index in [4.69, 9.17) is 0 Å². The van der Waals surface area contributed by atoms with E-state index in [2.05, 4.69) is 17.3 Å². The molecule has 0 aliphatic carbocycles. The molecule has 2 unspecified atom stereocenters. The number of aromatic nitrogens is 2. The van der Waals surface area contributed by atoms with Gasteiger partial charge in [-0.3, -0.25) is 0 Å². The predicted molar refractivity (Wildman–Crippen MR) is 93.8 cm³/mol. The lowest BCUT2D eigenvalue weighted by molar-refractivity contribution is 0.157. The number of aliphatic hydroxyl groups excluding tert-OH is 1. The van der Waals surface area contributed by atoms with Gasteiger partial charge >= 0.3 is 0 Å². The second-order valence-electron chi connectivity index (χ2n) is 5.68. The molecule has 0 saturated heterocycles. The van der Waals surface area contributed by atoms with Gasteiger partial charge in [0, 0.05) is 29.2 Å². The molecule has 1 aromatic carbocycles. The van der Waals surface area contributed by atoms with Crippen molar-refractivity contribution in [3.8, 4) is 5.69 Å². The van der Waals surface area contributed by atoms with Crippen molar-refractivity contribution in [3.05, 3.63) is 70.7 Å². The van der Waals surface area contributed by atoms with E-state index < -0.39 is 6.10 Å². The molecule has 0 aliphatic heterocycles. The van der Waals surface area contributed by atoms with Gasteiger partial charge in [0.1, 0.15) is 0 Å². The molecule has 120 valence electrons. The van der Waals surface area contributed by atoms with Crippen LogP contribution in [0.2, 0.25) is 0 Å². The first-order valence-corrected chi connectivity index (χ1v) is 8.64.